The largest absolute Gasteiger partial charge is 0.327 e. The number of hydrogen-bond acceptors (Lipinski definition) is 3. The molecule has 0 radical (unpaired) electrons. The van der Waals surface area contributed by atoms with Gasteiger partial charge in [0.25, 0.3) is 0 Å². The van der Waals surface area contributed by atoms with E-state index >= 15 is 0 Å². The molecule has 0 aromatic carbocycles. The Bertz CT molecular complexity index is 297. The first kappa shape index (κ1) is 12.1. The Labute approximate surface area is 92.1 Å². The van der Waals surface area contributed by atoms with Crippen molar-refractivity contribution in [3.8, 4) is 0 Å². The van der Waals surface area contributed by atoms with Crippen LogP contribution in [0.25, 0.3) is 0 Å². The minimum atomic E-state index is 0.215. The molecule has 1 atom stereocenters. The summed E-state index contributed by atoms with van der Waals surface area (Å²) in [5.41, 5.74) is 6.96. The third-order valence-corrected chi connectivity index (χ3v) is 2.35. The van der Waals surface area contributed by atoms with Crippen LogP contribution in [0.4, 0.5) is 0 Å². The van der Waals surface area contributed by atoms with Gasteiger partial charge in [0, 0.05) is 30.8 Å². The van der Waals surface area contributed by atoms with Gasteiger partial charge in [0.15, 0.2) is 0 Å². The van der Waals surface area contributed by atoms with Crippen molar-refractivity contribution in [2.75, 3.05) is 0 Å². The highest BCUT2D eigenvalue weighted by atomic mass is 14.9. The first-order valence-corrected chi connectivity index (χ1v) is 5.68. The molecule has 15 heavy (non-hydrogen) atoms. The lowest BCUT2D eigenvalue weighted by molar-refractivity contribution is 0.603. The van der Waals surface area contributed by atoms with E-state index < -0.39 is 0 Å². The van der Waals surface area contributed by atoms with Crippen molar-refractivity contribution in [3.63, 3.8) is 0 Å². The molecule has 3 nitrogen and oxygen atoms in total. The van der Waals surface area contributed by atoms with Crippen molar-refractivity contribution in [2.24, 2.45) is 11.7 Å². The lowest BCUT2D eigenvalue weighted by Gasteiger charge is -2.09. The zero-order valence-corrected chi connectivity index (χ0v) is 9.90. The summed E-state index contributed by atoms with van der Waals surface area (Å²) in [5.74, 6) is 1.53. The molecule has 0 saturated heterocycles. The molecule has 1 aromatic heterocycles. The number of hydrogen-bond donors (Lipinski definition) is 1. The third-order valence-electron chi connectivity index (χ3n) is 2.35. The Kier molecular flexibility index (Phi) is 4.69. The maximum atomic E-state index is 5.90. The van der Waals surface area contributed by atoms with Crippen molar-refractivity contribution in [1.82, 2.24) is 9.97 Å². The van der Waals surface area contributed by atoms with Crippen molar-refractivity contribution in [2.45, 2.75) is 46.1 Å². The molecular weight excluding hydrogens is 186 g/mol. The number of nitrogens with two attached hydrogens (primary N) is 1. The van der Waals surface area contributed by atoms with E-state index in [1.807, 2.05) is 12.3 Å². The predicted octanol–water partition coefficient (Wildman–Crippen LogP) is 1.95. The highest BCUT2D eigenvalue weighted by molar-refractivity contribution is 5.04. The van der Waals surface area contributed by atoms with Gasteiger partial charge in [0.05, 0.1) is 0 Å². The van der Waals surface area contributed by atoms with Gasteiger partial charge in [-0.3, -0.25) is 0 Å². The standard InChI is InChI=1S/C12H21N3/c1-4-10(13)8-11-5-6-14-12(15-11)7-9(2)3/h5-6,9-10H,4,7-8,13H2,1-3H3. The van der Waals surface area contributed by atoms with Crippen LogP contribution < -0.4 is 5.73 Å². The minimum absolute atomic E-state index is 0.215. The lowest BCUT2D eigenvalue weighted by Crippen LogP contribution is -2.22. The molecule has 0 aliphatic heterocycles. The van der Waals surface area contributed by atoms with Crippen molar-refractivity contribution in [1.29, 1.82) is 0 Å². The summed E-state index contributed by atoms with van der Waals surface area (Å²) in [6.45, 7) is 6.45. The molecule has 2 N–H and O–H groups in total. The van der Waals surface area contributed by atoms with Gasteiger partial charge < -0.3 is 5.73 Å². The van der Waals surface area contributed by atoms with Crippen molar-refractivity contribution in [3.05, 3.63) is 23.8 Å². The average Bonchev–Trinajstić information content (AvgIpc) is 2.17. The molecular formula is C12H21N3. The molecule has 0 aliphatic rings. The fourth-order valence-corrected chi connectivity index (χ4v) is 1.43. The van der Waals surface area contributed by atoms with Crippen LogP contribution >= 0.6 is 0 Å². The first-order valence-electron chi connectivity index (χ1n) is 5.68. The summed E-state index contributed by atoms with van der Waals surface area (Å²) < 4.78 is 0. The maximum absolute atomic E-state index is 5.90. The summed E-state index contributed by atoms with van der Waals surface area (Å²) in [5, 5.41) is 0. The summed E-state index contributed by atoms with van der Waals surface area (Å²) in [7, 11) is 0. The maximum Gasteiger partial charge on any atom is 0.128 e. The molecule has 1 unspecified atom stereocenters. The van der Waals surface area contributed by atoms with Gasteiger partial charge in [0.2, 0.25) is 0 Å². The van der Waals surface area contributed by atoms with E-state index in [0.717, 1.165) is 30.8 Å². The van der Waals surface area contributed by atoms with Crippen LogP contribution in [-0.4, -0.2) is 16.0 Å². The molecule has 1 rings (SSSR count). The van der Waals surface area contributed by atoms with Crippen LogP contribution in [0.15, 0.2) is 12.3 Å². The molecule has 0 saturated carbocycles. The Morgan fingerprint density at radius 1 is 1.33 bits per heavy atom. The summed E-state index contributed by atoms with van der Waals surface area (Å²) >= 11 is 0. The van der Waals surface area contributed by atoms with E-state index in [-0.39, 0.29) is 6.04 Å². The molecule has 3 heteroatoms. The Morgan fingerprint density at radius 2 is 2.07 bits per heavy atom. The topological polar surface area (TPSA) is 51.8 Å². The van der Waals surface area contributed by atoms with Crippen molar-refractivity contribution >= 4 is 0 Å². The molecule has 0 bridgehead atoms. The fourth-order valence-electron chi connectivity index (χ4n) is 1.43. The second-order valence-electron chi connectivity index (χ2n) is 4.43. The van der Waals surface area contributed by atoms with Crippen LogP contribution in [0.5, 0.6) is 0 Å². The highest BCUT2D eigenvalue weighted by Crippen LogP contribution is 2.05. The normalized spacial score (nSPS) is 13.1. The first-order chi connectivity index (χ1) is 7.11. The fraction of sp³-hybridized carbons (Fsp3) is 0.667. The van der Waals surface area contributed by atoms with E-state index in [0.29, 0.717) is 5.92 Å². The summed E-state index contributed by atoms with van der Waals surface area (Å²) in [4.78, 5) is 8.77. The minimum Gasteiger partial charge on any atom is -0.327 e. The molecule has 1 heterocycles. The number of rotatable bonds is 5. The molecule has 1 aromatic rings. The smallest absolute Gasteiger partial charge is 0.128 e. The van der Waals surface area contributed by atoms with Crippen LogP contribution in [0.1, 0.15) is 38.7 Å². The Morgan fingerprint density at radius 3 is 2.67 bits per heavy atom. The summed E-state index contributed by atoms with van der Waals surface area (Å²) in [6, 6.07) is 2.17. The van der Waals surface area contributed by atoms with Gasteiger partial charge >= 0.3 is 0 Å². The van der Waals surface area contributed by atoms with Gasteiger partial charge in [-0.1, -0.05) is 20.8 Å². The highest BCUT2D eigenvalue weighted by Gasteiger charge is 2.05. The number of aromatic nitrogens is 2. The zero-order chi connectivity index (χ0) is 11.3. The van der Waals surface area contributed by atoms with Crippen LogP contribution in [0.3, 0.4) is 0 Å². The van der Waals surface area contributed by atoms with Gasteiger partial charge in [-0.2, -0.15) is 0 Å². The Balaban J connectivity index is 2.65. The Hall–Kier alpha value is -0.960. The molecule has 0 aliphatic carbocycles. The second kappa shape index (κ2) is 5.81. The van der Waals surface area contributed by atoms with Crippen LogP contribution in [0.2, 0.25) is 0 Å². The number of nitrogens with zero attached hydrogens (tertiary/aromatic N) is 2. The van der Waals surface area contributed by atoms with Gasteiger partial charge in [0.1, 0.15) is 5.82 Å². The predicted molar refractivity (Wildman–Crippen MR) is 62.5 cm³/mol. The zero-order valence-electron chi connectivity index (χ0n) is 9.90. The molecule has 84 valence electrons. The van der Waals surface area contributed by atoms with Crippen molar-refractivity contribution < 1.29 is 0 Å². The van der Waals surface area contributed by atoms with Gasteiger partial charge in [-0.15, -0.1) is 0 Å². The molecule has 0 fully saturated rings. The van der Waals surface area contributed by atoms with Crippen LogP contribution in [0, 0.1) is 5.92 Å². The summed E-state index contributed by atoms with van der Waals surface area (Å²) in [6.07, 6.45) is 4.62. The van der Waals surface area contributed by atoms with Gasteiger partial charge in [-0.05, 0) is 18.4 Å². The van der Waals surface area contributed by atoms with E-state index in [1.54, 1.807) is 0 Å². The van der Waals surface area contributed by atoms with Crippen LogP contribution in [-0.2, 0) is 12.8 Å². The quantitative estimate of drug-likeness (QED) is 0.803. The third kappa shape index (κ3) is 4.38. The second-order valence-corrected chi connectivity index (χ2v) is 4.43. The average molecular weight is 207 g/mol. The van der Waals surface area contributed by atoms with Gasteiger partial charge in [-0.25, -0.2) is 9.97 Å². The van der Waals surface area contributed by atoms with E-state index in [9.17, 15) is 0 Å². The lowest BCUT2D eigenvalue weighted by atomic mass is 10.1. The molecule has 0 spiro atoms. The van der Waals surface area contributed by atoms with E-state index in [2.05, 4.69) is 30.7 Å². The monoisotopic (exact) mass is 207 g/mol. The van der Waals surface area contributed by atoms with E-state index in [4.69, 9.17) is 5.73 Å². The SMILES string of the molecule is CCC(N)Cc1ccnc(CC(C)C)n1. The van der Waals surface area contributed by atoms with E-state index in [1.165, 1.54) is 0 Å². The molecule has 0 amide bonds.